The molecule has 1 atom stereocenters. The SMILES string of the molecule is CC1=C(C(=O)Nc2ccccc2)[C@@H](c2ccc3ncccc3c2)n2ncnc2N1. The molecule has 2 N–H and O–H groups in total. The van der Waals surface area contributed by atoms with Crippen LogP contribution in [0.1, 0.15) is 18.5 Å². The molecule has 3 heterocycles. The van der Waals surface area contributed by atoms with Gasteiger partial charge in [-0.05, 0) is 42.8 Å². The molecule has 142 valence electrons. The normalized spacial score (nSPS) is 15.7. The molecule has 1 aliphatic heterocycles. The summed E-state index contributed by atoms with van der Waals surface area (Å²) in [4.78, 5) is 21.9. The van der Waals surface area contributed by atoms with Crippen molar-refractivity contribution < 1.29 is 4.79 Å². The minimum absolute atomic E-state index is 0.182. The lowest BCUT2D eigenvalue weighted by Crippen LogP contribution is -2.31. The first-order valence-corrected chi connectivity index (χ1v) is 9.29. The number of para-hydroxylation sites is 1. The number of amides is 1. The summed E-state index contributed by atoms with van der Waals surface area (Å²) in [6.45, 7) is 1.88. The molecule has 0 spiro atoms. The Morgan fingerprint density at radius 1 is 1.07 bits per heavy atom. The zero-order valence-corrected chi connectivity index (χ0v) is 15.7. The molecule has 1 aliphatic rings. The Labute approximate surface area is 167 Å². The van der Waals surface area contributed by atoms with Crippen molar-refractivity contribution in [3.63, 3.8) is 0 Å². The van der Waals surface area contributed by atoms with E-state index in [2.05, 4.69) is 25.7 Å². The third kappa shape index (κ3) is 3.02. The van der Waals surface area contributed by atoms with Gasteiger partial charge in [-0.15, -0.1) is 0 Å². The summed E-state index contributed by atoms with van der Waals surface area (Å²) in [5.74, 6) is 0.425. The van der Waals surface area contributed by atoms with Gasteiger partial charge in [0.25, 0.3) is 5.91 Å². The van der Waals surface area contributed by atoms with Gasteiger partial charge in [-0.1, -0.05) is 30.3 Å². The van der Waals surface area contributed by atoms with Gasteiger partial charge in [0.2, 0.25) is 5.95 Å². The van der Waals surface area contributed by atoms with Crippen LogP contribution in [-0.2, 0) is 4.79 Å². The van der Waals surface area contributed by atoms with Gasteiger partial charge in [0.05, 0.1) is 11.1 Å². The lowest BCUT2D eigenvalue weighted by Gasteiger charge is -2.29. The predicted molar refractivity (Wildman–Crippen MR) is 111 cm³/mol. The van der Waals surface area contributed by atoms with Gasteiger partial charge < -0.3 is 10.6 Å². The third-order valence-corrected chi connectivity index (χ3v) is 5.01. The second-order valence-electron chi connectivity index (χ2n) is 6.87. The number of rotatable bonds is 3. The van der Waals surface area contributed by atoms with E-state index >= 15 is 0 Å². The Morgan fingerprint density at radius 2 is 1.93 bits per heavy atom. The van der Waals surface area contributed by atoms with E-state index in [4.69, 9.17) is 0 Å². The summed E-state index contributed by atoms with van der Waals surface area (Å²) >= 11 is 0. The fourth-order valence-electron chi connectivity index (χ4n) is 3.68. The van der Waals surface area contributed by atoms with Crippen molar-refractivity contribution in [2.75, 3.05) is 10.6 Å². The molecule has 0 saturated carbocycles. The number of pyridine rings is 1. The van der Waals surface area contributed by atoms with Crippen LogP contribution in [-0.4, -0.2) is 25.7 Å². The molecule has 7 heteroatoms. The van der Waals surface area contributed by atoms with E-state index in [1.165, 1.54) is 6.33 Å². The number of hydrogen-bond donors (Lipinski definition) is 2. The number of carbonyl (C=O) groups is 1. The molecular weight excluding hydrogens is 364 g/mol. The fraction of sp³-hybridized carbons (Fsp3) is 0.0909. The predicted octanol–water partition coefficient (Wildman–Crippen LogP) is 3.75. The topological polar surface area (TPSA) is 84.7 Å². The maximum Gasteiger partial charge on any atom is 0.255 e. The number of fused-ring (bicyclic) bond motifs is 2. The molecule has 0 radical (unpaired) electrons. The summed E-state index contributed by atoms with van der Waals surface area (Å²) in [6.07, 6.45) is 3.26. The monoisotopic (exact) mass is 382 g/mol. The summed E-state index contributed by atoms with van der Waals surface area (Å²) < 4.78 is 1.74. The van der Waals surface area contributed by atoms with Crippen LogP contribution in [0.25, 0.3) is 10.9 Å². The smallest absolute Gasteiger partial charge is 0.255 e. The highest BCUT2D eigenvalue weighted by atomic mass is 16.1. The number of carbonyl (C=O) groups excluding carboxylic acids is 1. The number of hydrogen-bond acceptors (Lipinski definition) is 5. The van der Waals surface area contributed by atoms with Gasteiger partial charge in [-0.3, -0.25) is 9.78 Å². The van der Waals surface area contributed by atoms with E-state index in [0.29, 0.717) is 11.5 Å². The average Bonchev–Trinajstić information content (AvgIpc) is 3.21. The number of nitrogens with one attached hydrogen (secondary N) is 2. The van der Waals surface area contributed by atoms with Crippen LogP contribution < -0.4 is 10.6 Å². The lowest BCUT2D eigenvalue weighted by molar-refractivity contribution is -0.113. The van der Waals surface area contributed by atoms with Crippen LogP contribution in [0.15, 0.2) is 84.5 Å². The Kier molecular flexibility index (Phi) is 4.05. The molecule has 2 aromatic carbocycles. The van der Waals surface area contributed by atoms with E-state index in [1.807, 2.05) is 67.6 Å². The molecule has 4 aromatic rings. The number of aromatic nitrogens is 4. The molecule has 0 unspecified atom stereocenters. The Bertz CT molecular complexity index is 1240. The Hall–Kier alpha value is -4.00. The molecular formula is C22H18N6O. The van der Waals surface area contributed by atoms with E-state index < -0.39 is 6.04 Å². The fourth-order valence-corrected chi connectivity index (χ4v) is 3.68. The van der Waals surface area contributed by atoms with E-state index in [0.717, 1.165) is 27.9 Å². The van der Waals surface area contributed by atoms with Crippen molar-refractivity contribution in [1.82, 2.24) is 19.7 Å². The van der Waals surface area contributed by atoms with Crippen LogP contribution in [0, 0.1) is 0 Å². The highest BCUT2D eigenvalue weighted by Gasteiger charge is 2.33. The highest BCUT2D eigenvalue weighted by molar-refractivity contribution is 6.06. The first kappa shape index (κ1) is 17.1. The van der Waals surface area contributed by atoms with Crippen LogP contribution in [0.3, 0.4) is 0 Å². The maximum atomic E-state index is 13.3. The van der Waals surface area contributed by atoms with Crippen molar-refractivity contribution in [2.45, 2.75) is 13.0 Å². The van der Waals surface area contributed by atoms with Crippen molar-refractivity contribution in [3.8, 4) is 0 Å². The molecule has 5 rings (SSSR count). The molecule has 7 nitrogen and oxygen atoms in total. The van der Waals surface area contributed by atoms with E-state index in [9.17, 15) is 4.79 Å². The van der Waals surface area contributed by atoms with Crippen LogP contribution in [0.5, 0.6) is 0 Å². The van der Waals surface area contributed by atoms with Gasteiger partial charge in [-0.25, -0.2) is 4.68 Å². The molecule has 0 saturated heterocycles. The molecule has 29 heavy (non-hydrogen) atoms. The van der Waals surface area contributed by atoms with Gasteiger partial charge in [0.1, 0.15) is 12.4 Å². The van der Waals surface area contributed by atoms with E-state index in [1.54, 1.807) is 10.9 Å². The quantitative estimate of drug-likeness (QED) is 0.564. The third-order valence-electron chi connectivity index (χ3n) is 5.01. The largest absolute Gasteiger partial charge is 0.328 e. The van der Waals surface area contributed by atoms with Crippen molar-refractivity contribution in [2.24, 2.45) is 0 Å². The number of anilines is 2. The maximum absolute atomic E-state index is 13.3. The van der Waals surface area contributed by atoms with Gasteiger partial charge in [0.15, 0.2) is 0 Å². The van der Waals surface area contributed by atoms with Crippen LogP contribution in [0.4, 0.5) is 11.6 Å². The minimum atomic E-state index is -0.401. The zero-order chi connectivity index (χ0) is 19.8. The minimum Gasteiger partial charge on any atom is -0.328 e. The Morgan fingerprint density at radius 3 is 2.79 bits per heavy atom. The molecule has 0 fully saturated rings. The van der Waals surface area contributed by atoms with Crippen LogP contribution >= 0.6 is 0 Å². The van der Waals surface area contributed by atoms with Gasteiger partial charge in [-0.2, -0.15) is 10.1 Å². The Balaban J connectivity index is 1.62. The first-order valence-electron chi connectivity index (χ1n) is 9.29. The van der Waals surface area contributed by atoms with Gasteiger partial charge >= 0.3 is 0 Å². The first-order chi connectivity index (χ1) is 14.2. The summed E-state index contributed by atoms with van der Waals surface area (Å²) in [5, 5.41) is 11.6. The zero-order valence-electron chi connectivity index (χ0n) is 15.7. The molecule has 1 amide bonds. The van der Waals surface area contributed by atoms with Crippen molar-refractivity contribution in [1.29, 1.82) is 0 Å². The molecule has 0 aliphatic carbocycles. The van der Waals surface area contributed by atoms with Crippen molar-refractivity contribution in [3.05, 3.63) is 90.0 Å². The second-order valence-corrected chi connectivity index (χ2v) is 6.87. The molecule has 2 aromatic heterocycles. The van der Waals surface area contributed by atoms with Crippen LogP contribution in [0.2, 0.25) is 0 Å². The standard InChI is InChI=1S/C22H18N6O/c1-14-19(21(29)27-17-7-3-2-4-8-17)20(28-22(26-14)24-13-25-28)16-9-10-18-15(12-16)6-5-11-23-18/h2-13,20H,1H3,(H,27,29)(H,24,25,26)/t20-/m1/s1. The highest BCUT2D eigenvalue weighted by Crippen LogP contribution is 2.36. The second kappa shape index (κ2) is 6.87. The number of allylic oxidation sites excluding steroid dienone is 1. The molecule has 0 bridgehead atoms. The van der Waals surface area contributed by atoms with Crippen molar-refractivity contribution >= 4 is 28.4 Å². The average molecular weight is 382 g/mol. The van der Waals surface area contributed by atoms with E-state index in [-0.39, 0.29) is 5.91 Å². The summed E-state index contributed by atoms with van der Waals surface area (Å²) in [7, 11) is 0. The summed E-state index contributed by atoms with van der Waals surface area (Å²) in [6, 6.07) is 18.9. The van der Waals surface area contributed by atoms with Gasteiger partial charge in [0, 0.05) is 23.0 Å². The summed E-state index contributed by atoms with van der Waals surface area (Å²) in [5.41, 5.74) is 3.92. The lowest BCUT2D eigenvalue weighted by atomic mass is 9.94. The number of benzene rings is 2. The number of nitrogens with zero attached hydrogens (tertiary/aromatic N) is 4.